The first-order valence-corrected chi connectivity index (χ1v) is 12.2. The Morgan fingerprint density at radius 3 is 2.53 bits per heavy atom. The van der Waals surface area contributed by atoms with Crippen LogP contribution < -0.4 is 10.1 Å². The minimum atomic E-state index is -4.95. The number of aromatic nitrogens is 2. The molecule has 1 heterocycles. The van der Waals surface area contributed by atoms with Crippen molar-refractivity contribution in [3.63, 3.8) is 0 Å². The third-order valence-corrected chi connectivity index (χ3v) is 7.40. The van der Waals surface area contributed by atoms with Gasteiger partial charge < -0.3 is 15.2 Å². The maximum atomic E-state index is 14.5. The molecule has 1 fully saturated rings. The largest absolute Gasteiger partial charge is 0.495 e. The number of para-hydroxylation sites is 1. The highest BCUT2D eigenvalue weighted by Gasteiger charge is 2.58. The van der Waals surface area contributed by atoms with Gasteiger partial charge in [-0.15, -0.1) is 0 Å². The lowest BCUT2D eigenvalue weighted by atomic mass is 9.63. The molecular formula is C26H28ClF4N3O2. The summed E-state index contributed by atoms with van der Waals surface area (Å²) in [6.45, 7) is 0.755. The topological polar surface area (TPSA) is 67.3 Å². The van der Waals surface area contributed by atoms with Crippen molar-refractivity contribution in [2.24, 2.45) is 0 Å². The van der Waals surface area contributed by atoms with Gasteiger partial charge in [-0.25, -0.2) is 14.4 Å². The Morgan fingerprint density at radius 2 is 1.86 bits per heavy atom. The van der Waals surface area contributed by atoms with Gasteiger partial charge in [-0.3, -0.25) is 0 Å². The number of hydrogen-bond donors (Lipinski definition) is 2. The third-order valence-electron chi connectivity index (χ3n) is 7.10. The van der Waals surface area contributed by atoms with Crippen molar-refractivity contribution in [1.82, 2.24) is 9.97 Å². The van der Waals surface area contributed by atoms with Crippen LogP contribution in [0.25, 0.3) is 10.9 Å². The highest BCUT2D eigenvalue weighted by Crippen LogP contribution is 2.52. The molecule has 0 amide bonds. The van der Waals surface area contributed by atoms with Gasteiger partial charge >= 0.3 is 6.18 Å². The monoisotopic (exact) mass is 525 g/mol. The standard InChI is InChI=1S/C26H28ClF4N3O2/c1-16-32-13-17-21(10-9-20(28)22(17)34-16)33-15-25(35,26(29,30)31)14-24(11-4-3-5-12-24)18-7-6-8-19(27)23(18)36-2/h6-10,13,33,35H,3-5,11-12,14-15H2,1-2H3. The van der Waals surface area contributed by atoms with Crippen molar-refractivity contribution < 1.29 is 27.4 Å². The van der Waals surface area contributed by atoms with Crippen LogP contribution in [0.5, 0.6) is 5.75 Å². The van der Waals surface area contributed by atoms with Crippen LogP contribution in [0.1, 0.15) is 49.9 Å². The summed E-state index contributed by atoms with van der Waals surface area (Å²) in [5.41, 5.74) is -3.33. The Labute approximate surface area is 211 Å². The highest BCUT2D eigenvalue weighted by atomic mass is 35.5. The molecule has 1 aliphatic carbocycles. The fourth-order valence-electron chi connectivity index (χ4n) is 5.30. The first-order valence-electron chi connectivity index (χ1n) is 11.8. The Hall–Kier alpha value is -2.65. The molecule has 1 aromatic heterocycles. The number of alkyl halides is 3. The summed E-state index contributed by atoms with van der Waals surface area (Å²) in [7, 11) is 1.43. The maximum Gasteiger partial charge on any atom is 0.418 e. The van der Waals surface area contributed by atoms with Crippen LogP contribution in [-0.4, -0.2) is 40.5 Å². The summed E-state index contributed by atoms with van der Waals surface area (Å²) >= 11 is 6.33. The molecule has 0 saturated heterocycles. The van der Waals surface area contributed by atoms with Gasteiger partial charge in [0.1, 0.15) is 22.9 Å². The molecule has 4 rings (SSSR count). The Morgan fingerprint density at radius 1 is 1.14 bits per heavy atom. The number of aliphatic hydroxyl groups is 1. The normalized spacial score (nSPS) is 17.6. The summed E-state index contributed by atoms with van der Waals surface area (Å²) in [4.78, 5) is 8.11. The summed E-state index contributed by atoms with van der Waals surface area (Å²) in [6, 6.07) is 7.50. The van der Waals surface area contributed by atoms with Crippen molar-refractivity contribution in [3.8, 4) is 5.75 Å². The van der Waals surface area contributed by atoms with Crippen LogP contribution in [0.15, 0.2) is 36.5 Å². The average molecular weight is 526 g/mol. The van der Waals surface area contributed by atoms with Crippen LogP contribution in [0.3, 0.4) is 0 Å². The molecule has 1 aliphatic rings. The molecule has 2 N–H and O–H groups in total. The van der Waals surface area contributed by atoms with Gasteiger partial charge in [0.05, 0.1) is 18.7 Å². The Kier molecular flexibility index (Phi) is 7.35. The number of halogens is 5. The molecule has 0 bridgehead atoms. The van der Waals surface area contributed by atoms with Gasteiger partial charge in [0.15, 0.2) is 5.60 Å². The van der Waals surface area contributed by atoms with E-state index in [-0.39, 0.29) is 16.6 Å². The Bertz CT molecular complexity index is 1250. The summed E-state index contributed by atoms with van der Waals surface area (Å²) in [5, 5.41) is 14.5. The minimum absolute atomic E-state index is 0.00420. The lowest BCUT2D eigenvalue weighted by molar-refractivity contribution is -0.262. The van der Waals surface area contributed by atoms with E-state index in [0.29, 0.717) is 35.0 Å². The number of anilines is 1. The number of nitrogens with one attached hydrogen (secondary N) is 1. The number of nitrogens with zero attached hydrogens (tertiary/aromatic N) is 2. The van der Waals surface area contributed by atoms with Gasteiger partial charge in [0.25, 0.3) is 0 Å². The van der Waals surface area contributed by atoms with E-state index in [4.69, 9.17) is 16.3 Å². The zero-order chi connectivity index (χ0) is 26.1. The van der Waals surface area contributed by atoms with Gasteiger partial charge in [-0.05, 0) is 44.4 Å². The van der Waals surface area contributed by atoms with E-state index in [0.717, 1.165) is 25.3 Å². The number of ether oxygens (including phenoxy) is 1. The van der Waals surface area contributed by atoms with Crippen molar-refractivity contribution in [3.05, 3.63) is 58.8 Å². The zero-order valence-corrected chi connectivity index (χ0v) is 20.8. The summed E-state index contributed by atoms with van der Waals surface area (Å²) in [6.07, 6.45) is -0.930. The lowest BCUT2D eigenvalue weighted by Gasteiger charge is -2.45. The van der Waals surface area contributed by atoms with Crippen molar-refractivity contribution in [1.29, 1.82) is 0 Å². The molecule has 1 saturated carbocycles. The zero-order valence-electron chi connectivity index (χ0n) is 20.1. The van der Waals surface area contributed by atoms with Crippen LogP contribution >= 0.6 is 11.6 Å². The third kappa shape index (κ3) is 4.95. The van der Waals surface area contributed by atoms with Crippen molar-refractivity contribution in [2.45, 2.75) is 62.6 Å². The SMILES string of the molecule is COc1c(Cl)cccc1C1(CC(O)(CNc2ccc(F)c3nc(C)ncc23)C(F)(F)F)CCCCC1. The number of fused-ring (bicyclic) bond motifs is 1. The van der Waals surface area contributed by atoms with Crippen LogP contribution in [0.4, 0.5) is 23.2 Å². The highest BCUT2D eigenvalue weighted by molar-refractivity contribution is 6.32. The van der Waals surface area contributed by atoms with E-state index in [9.17, 15) is 22.7 Å². The van der Waals surface area contributed by atoms with E-state index in [1.165, 1.54) is 19.4 Å². The van der Waals surface area contributed by atoms with E-state index < -0.39 is 36.0 Å². The predicted molar refractivity (Wildman–Crippen MR) is 131 cm³/mol. The molecule has 0 aliphatic heterocycles. The summed E-state index contributed by atoms with van der Waals surface area (Å²) in [5.74, 6) is 0.0528. The number of benzene rings is 2. The summed E-state index contributed by atoms with van der Waals surface area (Å²) < 4.78 is 63.3. The quantitative estimate of drug-likeness (QED) is 0.334. The number of methoxy groups -OCH3 is 1. The Balaban J connectivity index is 1.73. The smallest absolute Gasteiger partial charge is 0.418 e. The molecule has 1 unspecified atom stereocenters. The fourth-order valence-corrected chi connectivity index (χ4v) is 5.55. The first kappa shape index (κ1) is 26.4. The van der Waals surface area contributed by atoms with Gasteiger partial charge in [0.2, 0.25) is 0 Å². The second kappa shape index (κ2) is 10.0. The number of rotatable bonds is 7. The second-order valence-electron chi connectivity index (χ2n) is 9.50. The second-order valence-corrected chi connectivity index (χ2v) is 9.90. The molecular weight excluding hydrogens is 498 g/mol. The lowest BCUT2D eigenvalue weighted by Crippen LogP contribution is -2.55. The molecule has 36 heavy (non-hydrogen) atoms. The molecule has 0 radical (unpaired) electrons. The number of hydrogen-bond acceptors (Lipinski definition) is 5. The van der Waals surface area contributed by atoms with Crippen LogP contribution in [0, 0.1) is 12.7 Å². The average Bonchev–Trinajstić information content (AvgIpc) is 2.83. The van der Waals surface area contributed by atoms with E-state index in [1.807, 2.05) is 0 Å². The van der Waals surface area contributed by atoms with Gasteiger partial charge in [0, 0.05) is 28.2 Å². The molecule has 194 valence electrons. The fraction of sp³-hybridized carbons (Fsp3) is 0.462. The predicted octanol–water partition coefficient (Wildman–Crippen LogP) is 6.74. The van der Waals surface area contributed by atoms with E-state index in [2.05, 4.69) is 15.3 Å². The molecule has 1 atom stereocenters. The molecule has 10 heteroatoms. The minimum Gasteiger partial charge on any atom is -0.495 e. The van der Waals surface area contributed by atoms with Gasteiger partial charge in [-0.1, -0.05) is 43.0 Å². The van der Waals surface area contributed by atoms with Crippen molar-refractivity contribution >= 4 is 28.2 Å². The van der Waals surface area contributed by atoms with Crippen molar-refractivity contribution in [2.75, 3.05) is 19.0 Å². The molecule has 3 aromatic rings. The molecule has 5 nitrogen and oxygen atoms in total. The molecule has 2 aromatic carbocycles. The van der Waals surface area contributed by atoms with Gasteiger partial charge in [-0.2, -0.15) is 13.2 Å². The van der Waals surface area contributed by atoms with E-state index in [1.54, 1.807) is 25.1 Å². The first-order chi connectivity index (χ1) is 17.0. The van der Waals surface area contributed by atoms with Crippen LogP contribution in [0.2, 0.25) is 5.02 Å². The van der Waals surface area contributed by atoms with Crippen LogP contribution in [-0.2, 0) is 5.41 Å². The maximum absolute atomic E-state index is 14.5. The molecule has 0 spiro atoms. The van der Waals surface area contributed by atoms with E-state index >= 15 is 0 Å². The number of aryl methyl sites for hydroxylation is 1.